The Morgan fingerprint density at radius 1 is 1.33 bits per heavy atom. The predicted molar refractivity (Wildman–Crippen MR) is 87.8 cm³/mol. The summed E-state index contributed by atoms with van der Waals surface area (Å²) in [6, 6.07) is 6.17. The summed E-state index contributed by atoms with van der Waals surface area (Å²) in [5, 5.41) is 2.19. The molecule has 0 bridgehead atoms. The highest BCUT2D eigenvalue weighted by Crippen LogP contribution is 2.31. The fourth-order valence-corrected chi connectivity index (χ4v) is 3.04. The maximum atomic E-state index is 6.08. The summed E-state index contributed by atoms with van der Waals surface area (Å²) in [6.07, 6.45) is 5.81. The zero-order valence-electron chi connectivity index (χ0n) is 12.8. The minimum Gasteiger partial charge on any atom is -0.398 e. The van der Waals surface area contributed by atoms with E-state index in [1.165, 1.54) is 23.9 Å². The number of aryl methyl sites for hydroxylation is 1. The summed E-state index contributed by atoms with van der Waals surface area (Å²) in [5.41, 5.74) is 9.06. The molecule has 2 aromatic rings. The van der Waals surface area contributed by atoms with E-state index in [-0.39, 0.29) is 0 Å². The lowest BCUT2D eigenvalue weighted by Gasteiger charge is -2.29. The first-order valence-electron chi connectivity index (χ1n) is 7.63. The van der Waals surface area contributed by atoms with Crippen molar-refractivity contribution in [1.82, 2.24) is 4.98 Å². The second-order valence-electron chi connectivity index (χ2n) is 5.91. The normalized spacial score (nSPS) is 18.9. The number of nitrogen functional groups attached to an aromatic ring is 1. The molecule has 0 aliphatic carbocycles. The van der Waals surface area contributed by atoms with E-state index < -0.39 is 0 Å². The van der Waals surface area contributed by atoms with Crippen LogP contribution in [0.3, 0.4) is 0 Å². The van der Waals surface area contributed by atoms with Crippen molar-refractivity contribution in [2.75, 3.05) is 30.8 Å². The standard InChI is InChI=1S/C17H23N3O/c1-12-9-14-15(10-19-12)16(18)6-7-17(14)20(2)11-13-5-3-4-8-21-13/h6-7,9-10,13H,3-5,8,11,18H2,1-2H3. The topological polar surface area (TPSA) is 51.4 Å². The van der Waals surface area contributed by atoms with Gasteiger partial charge < -0.3 is 15.4 Å². The summed E-state index contributed by atoms with van der Waals surface area (Å²) in [7, 11) is 2.12. The number of hydrogen-bond donors (Lipinski definition) is 1. The molecule has 0 radical (unpaired) electrons. The predicted octanol–water partition coefficient (Wildman–Crippen LogP) is 3.13. The third kappa shape index (κ3) is 2.95. The lowest BCUT2D eigenvalue weighted by Crippen LogP contribution is -2.33. The number of benzene rings is 1. The number of fused-ring (bicyclic) bond motifs is 1. The molecule has 2 heterocycles. The van der Waals surface area contributed by atoms with Crippen molar-refractivity contribution in [2.24, 2.45) is 0 Å². The summed E-state index contributed by atoms with van der Waals surface area (Å²) < 4.78 is 5.85. The number of likely N-dealkylation sites (N-methyl/N-ethyl adjacent to an activating group) is 1. The monoisotopic (exact) mass is 285 g/mol. The van der Waals surface area contributed by atoms with E-state index in [1.54, 1.807) is 0 Å². The van der Waals surface area contributed by atoms with Gasteiger partial charge in [-0.1, -0.05) is 0 Å². The van der Waals surface area contributed by atoms with Gasteiger partial charge in [-0.25, -0.2) is 0 Å². The molecular formula is C17H23N3O. The molecule has 1 aromatic carbocycles. The van der Waals surface area contributed by atoms with E-state index in [2.05, 4.69) is 29.1 Å². The number of aromatic nitrogens is 1. The van der Waals surface area contributed by atoms with Crippen molar-refractivity contribution in [3.63, 3.8) is 0 Å². The van der Waals surface area contributed by atoms with Gasteiger partial charge in [0.25, 0.3) is 0 Å². The van der Waals surface area contributed by atoms with Gasteiger partial charge in [0.1, 0.15) is 0 Å². The van der Waals surface area contributed by atoms with Gasteiger partial charge in [0.2, 0.25) is 0 Å². The molecule has 1 fully saturated rings. The van der Waals surface area contributed by atoms with Crippen molar-refractivity contribution >= 4 is 22.1 Å². The Kier molecular flexibility index (Phi) is 3.97. The van der Waals surface area contributed by atoms with E-state index in [0.29, 0.717) is 6.10 Å². The zero-order chi connectivity index (χ0) is 14.8. The Hall–Kier alpha value is -1.81. The molecule has 4 heteroatoms. The second-order valence-corrected chi connectivity index (χ2v) is 5.91. The van der Waals surface area contributed by atoms with Gasteiger partial charge >= 0.3 is 0 Å². The molecule has 3 rings (SSSR count). The van der Waals surface area contributed by atoms with Crippen LogP contribution in [0.2, 0.25) is 0 Å². The highest BCUT2D eigenvalue weighted by atomic mass is 16.5. The molecule has 21 heavy (non-hydrogen) atoms. The van der Waals surface area contributed by atoms with Gasteiger partial charge in [-0.2, -0.15) is 0 Å². The van der Waals surface area contributed by atoms with Gasteiger partial charge in [-0.3, -0.25) is 4.98 Å². The molecule has 112 valence electrons. The van der Waals surface area contributed by atoms with Crippen LogP contribution in [0, 0.1) is 6.92 Å². The van der Waals surface area contributed by atoms with Crippen LogP contribution in [0.25, 0.3) is 10.8 Å². The first kappa shape index (κ1) is 14.1. The Balaban J connectivity index is 1.91. The third-order valence-corrected chi connectivity index (χ3v) is 4.21. The number of nitrogens with two attached hydrogens (primary N) is 1. The minimum atomic E-state index is 0.333. The fraction of sp³-hybridized carbons (Fsp3) is 0.471. The van der Waals surface area contributed by atoms with Crippen LogP contribution < -0.4 is 10.6 Å². The molecule has 0 spiro atoms. The van der Waals surface area contributed by atoms with Gasteiger partial charge in [-0.15, -0.1) is 0 Å². The first-order chi connectivity index (χ1) is 10.1. The Bertz CT molecular complexity index is 635. The van der Waals surface area contributed by atoms with Crippen molar-refractivity contribution in [3.05, 3.63) is 30.1 Å². The first-order valence-corrected chi connectivity index (χ1v) is 7.63. The highest BCUT2D eigenvalue weighted by molar-refractivity contribution is 6.01. The van der Waals surface area contributed by atoms with Crippen molar-refractivity contribution in [3.8, 4) is 0 Å². The highest BCUT2D eigenvalue weighted by Gasteiger charge is 2.17. The van der Waals surface area contributed by atoms with E-state index in [9.17, 15) is 0 Å². The Morgan fingerprint density at radius 2 is 2.19 bits per heavy atom. The maximum absolute atomic E-state index is 6.08. The number of pyridine rings is 1. The van der Waals surface area contributed by atoms with Crippen LogP contribution in [0.5, 0.6) is 0 Å². The fourth-order valence-electron chi connectivity index (χ4n) is 3.04. The zero-order valence-corrected chi connectivity index (χ0v) is 12.8. The SMILES string of the molecule is Cc1cc2c(N(C)CC3CCCCO3)ccc(N)c2cn1. The molecule has 1 atom stereocenters. The number of nitrogens with zero attached hydrogens (tertiary/aromatic N) is 2. The lowest BCUT2D eigenvalue weighted by molar-refractivity contribution is 0.0216. The molecule has 1 aliphatic heterocycles. The molecule has 2 N–H and O–H groups in total. The summed E-state index contributed by atoms with van der Waals surface area (Å²) >= 11 is 0. The van der Waals surface area contributed by atoms with E-state index in [0.717, 1.165) is 36.3 Å². The molecule has 1 unspecified atom stereocenters. The second kappa shape index (κ2) is 5.90. The third-order valence-electron chi connectivity index (χ3n) is 4.21. The largest absolute Gasteiger partial charge is 0.398 e. The average Bonchev–Trinajstić information content (AvgIpc) is 2.48. The quantitative estimate of drug-likeness (QED) is 0.880. The molecule has 0 saturated carbocycles. The Morgan fingerprint density at radius 3 is 2.95 bits per heavy atom. The van der Waals surface area contributed by atoms with Crippen LogP contribution in [0.4, 0.5) is 11.4 Å². The van der Waals surface area contributed by atoms with Crippen LogP contribution in [0.1, 0.15) is 25.0 Å². The number of rotatable bonds is 3. The van der Waals surface area contributed by atoms with Crippen LogP contribution in [-0.4, -0.2) is 31.3 Å². The molecule has 0 amide bonds. The number of ether oxygens (including phenoxy) is 1. The molecule has 1 aromatic heterocycles. The summed E-state index contributed by atoms with van der Waals surface area (Å²) in [5.74, 6) is 0. The minimum absolute atomic E-state index is 0.333. The van der Waals surface area contributed by atoms with Gasteiger partial charge in [-0.05, 0) is 44.4 Å². The number of anilines is 2. The van der Waals surface area contributed by atoms with Crippen molar-refractivity contribution in [2.45, 2.75) is 32.3 Å². The molecule has 1 aliphatic rings. The molecule has 1 saturated heterocycles. The van der Waals surface area contributed by atoms with Crippen molar-refractivity contribution in [1.29, 1.82) is 0 Å². The summed E-state index contributed by atoms with van der Waals surface area (Å²) in [4.78, 5) is 6.64. The van der Waals surface area contributed by atoms with Crippen LogP contribution in [-0.2, 0) is 4.74 Å². The summed E-state index contributed by atoms with van der Waals surface area (Å²) in [6.45, 7) is 3.82. The maximum Gasteiger partial charge on any atom is 0.0749 e. The van der Waals surface area contributed by atoms with E-state index in [4.69, 9.17) is 10.5 Å². The Labute approximate surface area is 125 Å². The van der Waals surface area contributed by atoms with E-state index >= 15 is 0 Å². The smallest absolute Gasteiger partial charge is 0.0749 e. The van der Waals surface area contributed by atoms with Crippen LogP contribution >= 0.6 is 0 Å². The van der Waals surface area contributed by atoms with Gasteiger partial charge in [0, 0.05) is 54.2 Å². The van der Waals surface area contributed by atoms with Gasteiger partial charge in [0.05, 0.1) is 6.10 Å². The van der Waals surface area contributed by atoms with E-state index in [1.807, 2.05) is 19.2 Å². The van der Waals surface area contributed by atoms with Gasteiger partial charge in [0.15, 0.2) is 0 Å². The van der Waals surface area contributed by atoms with Crippen molar-refractivity contribution < 1.29 is 4.74 Å². The number of hydrogen-bond acceptors (Lipinski definition) is 4. The lowest BCUT2D eigenvalue weighted by atomic mass is 10.1. The average molecular weight is 285 g/mol. The van der Waals surface area contributed by atoms with Crippen LogP contribution in [0.15, 0.2) is 24.4 Å². The molecule has 4 nitrogen and oxygen atoms in total. The molecular weight excluding hydrogens is 262 g/mol.